The third-order valence-electron chi connectivity index (χ3n) is 5.17. The molecule has 164 valence electrons. The zero-order valence-corrected chi connectivity index (χ0v) is 20.5. The van der Waals surface area contributed by atoms with E-state index < -0.39 is 0 Å². The van der Waals surface area contributed by atoms with Crippen LogP contribution in [0, 0.1) is 5.92 Å². The molecule has 0 radical (unpaired) electrons. The molecule has 1 aromatic carbocycles. The molecule has 2 rings (SSSR count). The summed E-state index contributed by atoms with van der Waals surface area (Å²) in [5.41, 5.74) is 1.64. The Morgan fingerprint density at radius 2 is 1.93 bits per heavy atom. The third-order valence-corrected chi connectivity index (χ3v) is 5.17. The number of aliphatic imine (C=N–C) groups is 1. The Labute approximate surface area is 192 Å². The molecule has 6 nitrogen and oxygen atoms in total. The largest absolute Gasteiger partial charge is 0.377 e. The van der Waals surface area contributed by atoms with Crippen molar-refractivity contribution >= 4 is 41.5 Å². The van der Waals surface area contributed by atoms with E-state index in [-0.39, 0.29) is 41.4 Å². The SMILES string of the molecule is CCNC(=NCc1cccc(NC(=O)C2CCCCC2)c1)NCC(C)(C)OC.I. The maximum absolute atomic E-state index is 12.5. The van der Waals surface area contributed by atoms with E-state index in [2.05, 4.69) is 20.9 Å². The summed E-state index contributed by atoms with van der Waals surface area (Å²) in [6.45, 7) is 8.09. The number of halogens is 1. The Morgan fingerprint density at radius 3 is 2.59 bits per heavy atom. The minimum Gasteiger partial charge on any atom is -0.377 e. The van der Waals surface area contributed by atoms with Crippen molar-refractivity contribution in [2.75, 3.05) is 25.5 Å². The van der Waals surface area contributed by atoms with Crippen LogP contribution in [-0.2, 0) is 16.1 Å². The number of amides is 1. The monoisotopic (exact) mass is 516 g/mol. The highest BCUT2D eigenvalue weighted by molar-refractivity contribution is 14.0. The van der Waals surface area contributed by atoms with Crippen molar-refractivity contribution in [3.8, 4) is 0 Å². The fraction of sp³-hybridized carbons (Fsp3) is 0.636. The number of nitrogens with zero attached hydrogens (tertiary/aromatic N) is 1. The lowest BCUT2D eigenvalue weighted by atomic mass is 9.88. The maximum atomic E-state index is 12.5. The molecule has 0 spiro atoms. The van der Waals surface area contributed by atoms with E-state index in [9.17, 15) is 4.79 Å². The van der Waals surface area contributed by atoms with Crippen LogP contribution < -0.4 is 16.0 Å². The summed E-state index contributed by atoms with van der Waals surface area (Å²) in [5, 5.41) is 9.65. The fourth-order valence-electron chi connectivity index (χ4n) is 3.24. The van der Waals surface area contributed by atoms with Crippen molar-refractivity contribution in [2.45, 2.75) is 65.0 Å². The standard InChI is InChI=1S/C22H36N4O2.HI/c1-5-23-21(25-16-22(2,3)28-4)24-15-17-10-9-13-19(14-17)26-20(27)18-11-7-6-8-12-18;/h9-10,13-14,18H,5-8,11-12,15-16H2,1-4H3,(H,26,27)(H2,23,24,25);1H. The van der Waals surface area contributed by atoms with Crippen LogP contribution in [0.2, 0.25) is 0 Å². The molecule has 0 aliphatic heterocycles. The van der Waals surface area contributed by atoms with Gasteiger partial charge in [-0.25, -0.2) is 4.99 Å². The first-order chi connectivity index (χ1) is 13.4. The van der Waals surface area contributed by atoms with Crippen molar-refractivity contribution in [3.63, 3.8) is 0 Å². The van der Waals surface area contributed by atoms with E-state index in [1.807, 2.05) is 45.0 Å². The van der Waals surface area contributed by atoms with Crippen LogP contribution in [0.3, 0.4) is 0 Å². The zero-order chi connectivity index (χ0) is 20.4. The quantitative estimate of drug-likeness (QED) is 0.274. The number of hydrogen-bond donors (Lipinski definition) is 3. The number of guanidine groups is 1. The lowest BCUT2D eigenvalue weighted by Crippen LogP contribution is -2.45. The van der Waals surface area contributed by atoms with Gasteiger partial charge in [-0.05, 0) is 51.3 Å². The van der Waals surface area contributed by atoms with Crippen molar-refractivity contribution in [2.24, 2.45) is 10.9 Å². The molecule has 3 N–H and O–H groups in total. The summed E-state index contributed by atoms with van der Waals surface area (Å²) in [5.74, 6) is 1.06. The number of benzene rings is 1. The minimum absolute atomic E-state index is 0. The molecule has 0 bridgehead atoms. The van der Waals surface area contributed by atoms with Crippen LogP contribution in [0.15, 0.2) is 29.3 Å². The zero-order valence-electron chi connectivity index (χ0n) is 18.2. The van der Waals surface area contributed by atoms with Gasteiger partial charge in [-0.2, -0.15) is 0 Å². The maximum Gasteiger partial charge on any atom is 0.227 e. The lowest BCUT2D eigenvalue weighted by molar-refractivity contribution is -0.120. The van der Waals surface area contributed by atoms with Gasteiger partial charge in [-0.15, -0.1) is 24.0 Å². The average molecular weight is 516 g/mol. The van der Waals surface area contributed by atoms with E-state index in [0.717, 1.165) is 49.4 Å². The Morgan fingerprint density at radius 1 is 1.21 bits per heavy atom. The topological polar surface area (TPSA) is 74.8 Å². The summed E-state index contributed by atoms with van der Waals surface area (Å²) in [7, 11) is 1.71. The van der Waals surface area contributed by atoms with Crippen LogP contribution in [0.4, 0.5) is 5.69 Å². The van der Waals surface area contributed by atoms with Gasteiger partial charge in [0.15, 0.2) is 5.96 Å². The van der Waals surface area contributed by atoms with E-state index in [1.54, 1.807) is 7.11 Å². The average Bonchev–Trinajstić information content (AvgIpc) is 2.71. The molecule has 1 aliphatic rings. The molecule has 0 saturated heterocycles. The van der Waals surface area contributed by atoms with E-state index in [1.165, 1.54) is 6.42 Å². The second-order valence-electron chi connectivity index (χ2n) is 8.04. The smallest absolute Gasteiger partial charge is 0.227 e. The molecule has 0 atom stereocenters. The molecule has 0 heterocycles. The van der Waals surface area contributed by atoms with Crippen molar-refractivity contribution < 1.29 is 9.53 Å². The van der Waals surface area contributed by atoms with Crippen molar-refractivity contribution in [3.05, 3.63) is 29.8 Å². The van der Waals surface area contributed by atoms with Gasteiger partial charge in [0.25, 0.3) is 0 Å². The summed E-state index contributed by atoms with van der Waals surface area (Å²) in [6.07, 6.45) is 5.58. The van der Waals surface area contributed by atoms with E-state index >= 15 is 0 Å². The second-order valence-corrected chi connectivity index (χ2v) is 8.04. The Kier molecular flexibility index (Phi) is 11.6. The van der Waals surface area contributed by atoms with Gasteiger partial charge in [0.1, 0.15) is 0 Å². The highest BCUT2D eigenvalue weighted by Gasteiger charge is 2.21. The molecular weight excluding hydrogens is 479 g/mol. The predicted octanol–water partition coefficient (Wildman–Crippen LogP) is 4.30. The summed E-state index contributed by atoms with van der Waals surface area (Å²) >= 11 is 0. The van der Waals surface area contributed by atoms with Crippen LogP contribution in [0.1, 0.15) is 58.4 Å². The molecule has 1 saturated carbocycles. The van der Waals surface area contributed by atoms with E-state index in [4.69, 9.17) is 4.74 Å². The van der Waals surface area contributed by atoms with Crippen LogP contribution in [0.25, 0.3) is 0 Å². The first-order valence-electron chi connectivity index (χ1n) is 10.4. The van der Waals surface area contributed by atoms with Crippen molar-refractivity contribution in [1.82, 2.24) is 10.6 Å². The third kappa shape index (κ3) is 9.33. The number of nitrogens with one attached hydrogen (secondary N) is 3. The van der Waals surface area contributed by atoms with Gasteiger partial charge in [-0.3, -0.25) is 4.79 Å². The van der Waals surface area contributed by atoms with Gasteiger partial charge in [0, 0.05) is 31.8 Å². The lowest BCUT2D eigenvalue weighted by Gasteiger charge is -2.24. The van der Waals surface area contributed by atoms with E-state index in [0.29, 0.717) is 13.1 Å². The Hall–Kier alpha value is -1.35. The first-order valence-corrected chi connectivity index (χ1v) is 10.4. The van der Waals surface area contributed by atoms with Crippen molar-refractivity contribution in [1.29, 1.82) is 0 Å². The molecule has 0 unspecified atom stereocenters. The fourth-order valence-corrected chi connectivity index (χ4v) is 3.24. The number of methoxy groups -OCH3 is 1. The number of carbonyl (C=O) groups excluding carboxylic acids is 1. The highest BCUT2D eigenvalue weighted by atomic mass is 127. The predicted molar refractivity (Wildman–Crippen MR) is 131 cm³/mol. The Bertz CT molecular complexity index is 658. The van der Waals surface area contributed by atoms with Crippen LogP contribution >= 0.6 is 24.0 Å². The molecule has 29 heavy (non-hydrogen) atoms. The molecule has 1 fully saturated rings. The van der Waals surface area contributed by atoms with Gasteiger partial charge in [0.05, 0.1) is 12.1 Å². The summed E-state index contributed by atoms with van der Waals surface area (Å²) in [6, 6.07) is 7.95. The van der Waals surface area contributed by atoms with Gasteiger partial charge >= 0.3 is 0 Å². The number of carbonyl (C=O) groups is 1. The number of ether oxygens (including phenoxy) is 1. The van der Waals surface area contributed by atoms with Gasteiger partial charge in [0.2, 0.25) is 5.91 Å². The Balaban J connectivity index is 0.00000420. The number of anilines is 1. The molecule has 1 aliphatic carbocycles. The normalized spacial score (nSPS) is 15.4. The van der Waals surface area contributed by atoms with Gasteiger partial charge in [-0.1, -0.05) is 31.4 Å². The molecular formula is C22H37IN4O2. The second kappa shape index (κ2) is 13.1. The number of rotatable bonds is 8. The van der Waals surface area contributed by atoms with Crippen LogP contribution in [0.5, 0.6) is 0 Å². The summed E-state index contributed by atoms with van der Waals surface area (Å²) in [4.78, 5) is 17.1. The number of hydrogen-bond acceptors (Lipinski definition) is 3. The van der Waals surface area contributed by atoms with Crippen LogP contribution in [-0.4, -0.2) is 37.7 Å². The minimum atomic E-state index is -0.264. The summed E-state index contributed by atoms with van der Waals surface area (Å²) < 4.78 is 5.45. The van der Waals surface area contributed by atoms with Gasteiger partial charge < -0.3 is 20.7 Å². The molecule has 0 aromatic heterocycles. The molecule has 1 aromatic rings. The molecule has 7 heteroatoms. The molecule has 1 amide bonds. The first kappa shape index (κ1) is 25.7. The highest BCUT2D eigenvalue weighted by Crippen LogP contribution is 2.25.